The van der Waals surface area contributed by atoms with Gasteiger partial charge in [0.05, 0.1) is 29.9 Å². The molecule has 1 atom stereocenters. The lowest BCUT2D eigenvalue weighted by molar-refractivity contribution is -0.117. The van der Waals surface area contributed by atoms with E-state index >= 15 is 0 Å². The number of fused-ring (bicyclic) bond motifs is 1. The van der Waals surface area contributed by atoms with Crippen molar-refractivity contribution in [2.45, 2.75) is 13.0 Å². The van der Waals surface area contributed by atoms with Crippen LogP contribution in [0.15, 0.2) is 48.5 Å². The standard InChI is InChI=1S/C19H21N3O2S/c1-13(19-21-16-9-4-5-10-17(16)25-19)22(2)12-18(23)20-14-7-6-8-15(11-14)24-3/h4-11,13H,12H2,1-3H3,(H,20,23)/t13-/m0/s1. The van der Waals surface area contributed by atoms with E-state index in [1.807, 2.05) is 48.3 Å². The summed E-state index contributed by atoms with van der Waals surface area (Å²) in [5.41, 5.74) is 1.73. The molecule has 1 N–H and O–H groups in total. The van der Waals surface area contributed by atoms with Crippen LogP contribution in [0, 0.1) is 0 Å². The number of anilines is 1. The molecule has 0 fully saturated rings. The molecule has 1 heterocycles. The molecular formula is C19H21N3O2S. The number of methoxy groups -OCH3 is 1. The van der Waals surface area contributed by atoms with Gasteiger partial charge in [0.15, 0.2) is 0 Å². The fourth-order valence-electron chi connectivity index (χ4n) is 2.52. The Bertz CT molecular complexity index is 845. The van der Waals surface area contributed by atoms with Gasteiger partial charge in [0.25, 0.3) is 0 Å². The third-order valence-electron chi connectivity index (χ3n) is 4.08. The summed E-state index contributed by atoms with van der Waals surface area (Å²) in [4.78, 5) is 19.0. The molecule has 5 nitrogen and oxygen atoms in total. The summed E-state index contributed by atoms with van der Waals surface area (Å²) in [6, 6.07) is 15.5. The average molecular weight is 355 g/mol. The zero-order valence-electron chi connectivity index (χ0n) is 14.5. The fourth-order valence-corrected chi connectivity index (χ4v) is 3.61. The minimum absolute atomic E-state index is 0.0634. The van der Waals surface area contributed by atoms with E-state index in [2.05, 4.69) is 23.3 Å². The molecule has 0 saturated carbocycles. The number of nitrogens with one attached hydrogen (secondary N) is 1. The number of rotatable bonds is 6. The van der Waals surface area contributed by atoms with Crippen molar-refractivity contribution in [2.75, 3.05) is 26.0 Å². The highest BCUT2D eigenvalue weighted by Crippen LogP contribution is 2.28. The molecule has 0 aliphatic carbocycles. The molecular weight excluding hydrogens is 334 g/mol. The summed E-state index contributed by atoms with van der Waals surface area (Å²) < 4.78 is 6.34. The lowest BCUT2D eigenvalue weighted by Crippen LogP contribution is -2.32. The van der Waals surface area contributed by atoms with Crippen LogP contribution < -0.4 is 10.1 Å². The van der Waals surface area contributed by atoms with Crippen LogP contribution in [0.2, 0.25) is 0 Å². The second kappa shape index (κ2) is 7.63. The third-order valence-corrected chi connectivity index (χ3v) is 5.28. The minimum Gasteiger partial charge on any atom is -0.497 e. The number of amides is 1. The molecule has 1 amide bonds. The first-order chi connectivity index (χ1) is 12.1. The zero-order chi connectivity index (χ0) is 17.8. The number of carbonyl (C=O) groups is 1. The van der Waals surface area contributed by atoms with Crippen molar-refractivity contribution >= 4 is 33.1 Å². The minimum atomic E-state index is -0.0660. The van der Waals surface area contributed by atoms with E-state index in [1.165, 1.54) is 4.70 Å². The van der Waals surface area contributed by atoms with Gasteiger partial charge < -0.3 is 10.1 Å². The molecule has 1 aromatic heterocycles. The number of carbonyl (C=O) groups excluding carboxylic acids is 1. The SMILES string of the molecule is COc1cccc(NC(=O)CN(C)[C@@H](C)c2nc3ccccc3s2)c1. The molecule has 0 saturated heterocycles. The molecule has 6 heteroatoms. The maximum Gasteiger partial charge on any atom is 0.238 e. The van der Waals surface area contributed by atoms with Crippen molar-refractivity contribution < 1.29 is 9.53 Å². The van der Waals surface area contributed by atoms with E-state index in [-0.39, 0.29) is 18.5 Å². The summed E-state index contributed by atoms with van der Waals surface area (Å²) in [5, 5.41) is 3.91. The molecule has 0 radical (unpaired) electrons. The Morgan fingerprint density at radius 3 is 2.84 bits per heavy atom. The highest BCUT2D eigenvalue weighted by molar-refractivity contribution is 7.18. The quantitative estimate of drug-likeness (QED) is 0.728. The molecule has 2 aromatic carbocycles. The molecule has 0 aliphatic heterocycles. The van der Waals surface area contributed by atoms with Gasteiger partial charge in [-0.25, -0.2) is 4.98 Å². The Morgan fingerprint density at radius 2 is 2.08 bits per heavy atom. The summed E-state index contributed by atoms with van der Waals surface area (Å²) >= 11 is 1.67. The lowest BCUT2D eigenvalue weighted by Gasteiger charge is -2.22. The van der Waals surface area contributed by atoms with Crippen LogP contribution in [0.1, 0.15) is 18.0 Å². The van der Waals surface area contributed by atoms with Gasteiger partial charge in [0.2, 0.25) is 5.91 Å². The van der Waals surface area contributed by atoms with E-state index < -0.39 is 0 Å². The average Bonchev–Trinajstić information content (AvgIpc) is 3.05. The lowest BCUT2D eigenvalue weighted by atomic mass is 10.3. The number of likely N-dealkylation sites (N-methyl/N-ethyl adjacent to an activating group) is 1. The molecule has 0 bridgehead atoms. The molecule has 3 aromatic rings. The Labute approximate surface area is 151 Å². The van der Waals surface area contributed by atoms with Crippen molar-refractivity contribution in [1.82, 2.24) is 9.88 Å². The number of benzene rings is 2. The van der Waals surface area contributed by atoms with Crippen LogP contribution >= 0.6 is 11.3 Å². The number of ether oxygens (including phenoxy) is 1. The van der Waals surface area contributed by atoms with Crippen molar-refractivity contribution in [2.24, 2.45) is 0 Å². The molecule has 3 rings (SSSR count). The Balaban J connectivity index is 1.63. The van der Waals surface area contributed by atoms with Crippen LogP contribution in [0.25, 0.3) is 10.2 Å². The zero-order valence-corrected chi connectivity index (χ0v) is 15.3. The van der Waals surface area contributed by atoms with E-state index in [1.54, 1.807) is 24.5 Å². The Kier molecular flexibility index (Phi) is 5.31. The number of nitrogens with zero attached hydrogens (tertiary/aromatic N) is 2. The summed E-state index contributed by atoms with van der Waals surface area (Å²) in [7, 11) is 3.54. The number of hydrogen-bond acceptors (Lipinski definition) is 5. The van der Waals surface area contributed by atoms with Gasteiger partial charge in [-0.2, -0.15) is 0 Å². The van der Waals surface area contributed by atoms with Crippen LogP contribution in [-0.4, -0.2) is 36.5 Å². The normalized spacial score (nSPS) is 12.3. The van der Waals surface area contributed by atoms with Crippen molar-refractivity contribution in [3.8, 4) is 5.75 Å². The van der Waals surface area contributed by atoms with Gasteiger partial charge in [-0.05, 0) is 38.2 Å². The van der Waals surface area contributed by atoms with Gasteiger partial charge in [-0.1, -0.05) is 18.2 Å². The van der Waals surface area contributed by atoms with Crippen molar-refractivity contribution in [1.29, 1.82) is 0 Å². The Morgan fingerprint density at radius 1 is 1.28 bits per heavy atom. The first-order valence-corrected chi connectivity index (χ1v) is 8.88. The summed E-state index contributed by atoms with van der Waals surface area (Å²) in [6.07, 6.45) is 0. The monoisotopic (exact) mass is 355 g/mol. The van der Waals surface area contributed by atoms with Crippen molar-refractivity contribution in [3.63, 3.8) is 0 Å². The second-order valence-electron chi connectivity index (χ2n) is 5.89. The topological polar surface area (TPSA) is 54.5 Å². The number of thiazole rings is 1. The first kappa shape index (κ1) is 17.4. The second-order valence-corrected chi connectivity index (χ2v) is 6.95. The van der Waals surface area contributed by atoms with Gasteiger partial charge in [0, 0.05) is 11.8 Å². The van der Waals surface area contributed by atoms with Crippen LogP contribution in [0.4, 0.5) is 5.69 Å². The maximum atomic E-state index is 12.3. The predicted octanol–water partition coefficient (Wildman–Crippen LogP) is 3.94. The largest absolute Gasteiger partial charge is 0.497 e. The fraction of sp³-hybridized carbons (Fsp3) is 0.263. The predicted molar refractivity (Wildman–Crippen MR) is 102 cm³/mol. The van der Waals surface area contributed by atoms with Gasteiger partial charge in [-0.15, -0.1) is 11.3 Å². The highest BCUT2D eigenvalue weighted by Gasteiger charge is 2.18. The van der Waals surface area contributed by atoms with Crippen LogP contribution in [0.5, 0.6) is 5.75 Å². The summed E-state index contributed by atoms with van der Waals surface area (Å²) in [5.74, 6) is 0.651. The third kappa shape index (κ3) is 4.15. The van der Waals surface area contributed by atoms with Gasteiger partial charge in [-0.3, -0.25) is 9.69 Å². The highest BCUT2D eigenvalue weighted by atomic mass is 32.1. The van der Waals surface area contributed by atoms with E-state index in [0.29, 0.717) is 5.75 Å². The summed E-state index contributed by atoms with van der Waals surface area (Å²) in [6.45, 7) is 2.35. The smallest absolute Gasteiger partial charge is 0.238 e. The molecule has 130 valence electrons. The van der Waals surface area contributed by atoms with Gasteiger partial charge in [0.1, 0.15) is 10.8 Å². The number of aromatic nitrogens is 1. The van der Waals surface area contributed by atoms with E-state index in [9.17, 15) is 4.79 Å². The van der Waals surface area contributed by atoms with Crippen LogP contribution in [0.3, 0.4) is 0 Å². The van der Waals surface area contributed by atoms with E-state index in [4.69, 9.17) is 4.74 Å². The maximum absolute atomic E-state index is 12.3. The number of hydrogen-bond donors (Lipinski definition) is 1. The van der Waals surface area contributed by atoms with E-state index in [0.717, 1.165) is 16.2 Å². The number of para-hydroxylation sites is 1. The first-order valence-electron chi connectivity index (χ1n) is 8.06. The van der Waals surface area contributed by atoms with Crippen molar-refractivity contribution in [3.05, 3.63) is 53.5 Å². The van der Waals surface area contributed by atoms with Gasteiger partial charge >= 0.3 is 0 Å². The van der Waals surface area contributed by atoms with Crippen LogP contribution in [-0.2, 0) is 4.79 Å². The Hall–Kier alpha value is -2.44. The molecule has 0 aliphatic rings. The molecule has 0 unspecified atom stereocenters. The molecule has 0 spiro atoms. The molecule has 25 heavy (non-hydrogen) atoms.